The Morgan fingerprint density at radius 2 is 2.17 bits per heavy atom. The fourth-order valence-corrected chi connectivity index (χ4v) is 3.99. The van der Waals surface area contributed by atoms with E-state index in [1.165, 1.54) is 0 Å². The molecule has 0 bridgehead atoms. The normalized spacial score (nSPS) is 18.7. The van der Waals surface area contributed by atoms with Crippen LogP contribution >= 0.6 is 11.3 Å². The standard InChI is InChI=1S/C22H23N3O4S/c1-28-21-10-23-18(22(27)25-17-6-7-29-11-20(17)26)9-16(21)8-14-2-4-15(5-3-14)19-12-30-13-24-19/h2-5,9-10,12-13,17,20,26H,6-8,11H2,1H3,(H,25,27). The van der Waals surface area contributed by atoms with Gasteiger partial charge in [-0.25, -0.2) is 9.97 Å². The van der Waals surface area contributed by atoms with Gasteiger partial charge in [0.05, 0.1) is 43.3 Å². The van der Waals surface area contributed by atoms with Crippen LogP contribution in [0.1, 0.15) is 28.0 Å². The van der Waals surface area contributed by atoms with Crippen molar-refractivity contribution in [2.24, 2.45) is 0 Å². The van der Waals surface area contributed by atoms with Crippen LogP contribution < -0.4 is 10.1 Å². The van der Waals surface area contributed by atoms with Gasteiger partial charge in [-0.1, -0.05) is 24.3 Å². The minimum Gasteiger partial charge on any atom is -0.495 e. The van der Waals surface area contributed by atoms with Crippen molar-refractivity contribution in [2.75, 3.05) is 20.3 Å². The summed E-state index contributed by atoms with van der Waals surface area (Å²) >= 11 is 1.57. The van der Waals surface area contributed by atoms with Gasteiger partial charge in [0.25, 0.3) is 5.91 Å². The molecule has 7 nitrogen and oxygen atoms in total. The number of aromatic nitrogens is 2. The van der Waals surface area contributed by atoms with E-state index in [1.807, 2.05) is 35.2 Å². The average molecular weight is 426 g/mol. The molecule has 4 rings (SSSR count). The van der Waals surface area contributed by atoms with Gasteiger partial charge in [0.1, 0.15) is 11.4 Å². The van der Waals surface area contributed by atoms with Crippen molar-refractivity contribution in [1.82, 2.24) is 15.3 Å². The number of aliphatic hydroxyl groups excluding tert-OH is 1. The SMILES string of the molecule is COc1cnc(C(=O)NC2CCOCC2O)cc1Cc1ccc(-c2cscn2)cc1. The second kappa shape index (κ2) is 9.34. The lowest BCUT2D eigenvalue weighted by atomic mass is 10.0. The summed E-state index contributed by atoms with van der Waals surface area (Å²) < 4.78 is 10.7. The first kappa shape index (κ1) is 20.5. The van der Waals surface area contributed by atoms with Crippen molar-refractivity contribution in [3.63, 3.8) is 0 Å². The third-order valence-corrected chi connectivity index (χ3v) is 5.71. The van der Waals surface area contributed by atoms with Crippen molar-refractivity contribution in [1.29, 1.82) is 0 Å². The number of nitrogens with zero attached hydrogens (tertiary/aromatic N) is 2. The summed E-state index contributed by atoms with van der Waals surface area (Å²) in [4.78, 5) is 21.2. The number of rotatable bonds is 6. The summed E-state index contributed by atoms with van der Waals surface area (Å²) in [6.45, 7) is 0.739. The molecular formula is C22H23N3O4S. The van der Waals surface area contributed by atoms with Crippen LogP contribution in [0.15, 0.2) is 47.4 Å². The van der Waals surface area contributed by atoms with Crippen molar-refractivity contribution in [3.8, 4) is 17.0 Å². The van der Waals surface area contributed by atoms with Crippen LogP contribution in [0.3, 0.4) is 0 Å². The lowest BCUT2D eigenvalue weighted by molar-refractivity contribution is -0.0261. The van der Waals surface area contributed by atoms with E-state index in [9.17, 15) is 9.90 Å². The predicted octanol–water partition coefficient (Wildman–Crippen LogP) is 2.68. The Morgan fingerprint density at radius 3 is 2.87 bits per heavy atom. The Morgan fingerprint density at radius 1 is 1.33 bits per heavy atom. The van der Waals surface area contributed by atoms with E-state index in [4.69, 9.17) is 9.47 Å². The van der Waals surface area contributed by atoms with Gasteiger partial charge in [-0.2, -0.15) is 0 Å². The van der Waals surface area contributed by atoms with Gasteiger partial charge in [0.2, 0.25) is 0 Å². The molecule has 30 heavy (non-hydrogen) atoms. The molecule has 1 fully saturated rings. The maximum absolute atomic E-state index is 12.7. The fourth-order valence-electron chi connectivity index (χ4n) is 3.43. The van der Waals surface area contributed by atoms with Crippen LogP contribution in [0.25, 0.3) is 11.3 Å². The number of amides is 1. The lowest BCUT2D eigenvalue weighted by Gasteiger charge is -2.28. The molecule has 3 aromatic rings. The van der Waals surface area contributed by atoms with Crippen molar-refractivity contribution in [2.45, 2.75) is 25.0 Å². The first-order valence-corrected chi connectivity index (χ1v) is 10.7. The highest BCUT2D eigenvalue weighted by Crippen LogP contribution is 2.24. The summed E-state index contributed by atoms with van der Waals surface area (Å²) in [6.07, 6.45) is 2.02. The summed E-state index contributed by atoms with van der Waals surface area (Å²) in [7, 11) is 1.59. The third kappa shape index (κ3) is 4.67. The van der Waals surface area contributed by atoms with Gasteiger partial charge in [-0.3, -0.25) is 4.79 Å². The number of methoxy groups -OCH3 is 1. The summed E-state index contributed by atoms with van der Waals surface area (Å²) in [5.41, 5.74) is 6.09. The highest BCUT2D eigenvalue weighted by Gasteiger charge is 2.26. The van der Waals surface area contributed by atoms with Crippen molar-refractivity contribution < 1.29 is 19.4 Å². The number of benzene rings is 1. The van der Waals surface area contributed by atoms with Crippen molar-refractivity contribution in [3.05, 3.63) is 64.2 Å². The molecule has 1 saturated heterocycles. The summed E-state index contributed by atoms with van der Waals surface area (Å²) in [5, 5.41) is 14.9. The molecule has 8 heteroatoms. The van der Waals surface area contributed by atoms with Crippen LogP contribution in [0.5, 0.6) is 5.75 Å². The highest BCUT2D eigenvalue weighted by molar-refractivity contribution is 7.07. The minimum absolute atomic E-state index is 0.225. The number of carbonyl (C=O) groups is 1. The zero-order valence-corrected chi connectivity index (χ0v) is 17.4. The van der Waals surface area contributed by atoms with E-state index < -0.39 is 6.10 Å². The van der Waals surface area contributed by atoms with Crippen molar-refractivity contribution >= 4 is 17.2 Å². The minimum atomic E-state index is -0.711. The first-order valence-electron chi connectivity index (χ1n) is 9.71. The molecule has 0 spiro atoms. The number of thiazole rings is 1. The Kier molecular flexibility index (Phi) is 6.37. The molecule has 156 valence electrons. The number of ether oxygens (including phenoxy) is 2. The van der Waals surface area contributed by atoms with Gasteiger partial charge < -0.3 is 19.9 Å². The number of nitrogens with one attached hydrogen (secondary N) is 1. The van der Waals surface area contributed by atoms with Gasteiger partial charge in [-0.05, 0) is 18.1 Å². The van der Waals surface area contributed by atoms with Gasteiger partial charge in [0, 0.05) is 29.5 Å². The lowest BCUT2D eigenvalue weighted by Crippen LogP contribution is -2.48. The Hall–Kier alpha value is -2.81. The second-order valence-electron chi connectivity index (χ2n) is 7.14. The van der Waals surface area contributed by atoms with Gasteiger partial charge >= 0.3 is 0 Å². The van der Waals surface area contributed by atoms with Gasteiger partial charge in [0.15, 0.2) is 0 Å². The predicted molar refractivity (Wildman–Crippen MR) is 114 cm³/mol. The van der Waals surface area contributed by atoms with Gasteiger partial charge in [-0.15, -0.1) is 11.3 Å². The molecule has 2 unspecified atom stereocenters. The van der Waals surface area contributed by atoms with Crippen LogP contribution in [-0.2, 0) is 11.2 Å². The molecule has 1 aromatic carbocycles. The zero-order chi connectivity index (χ0) is 20.9. The molecule has 2 atom stereocenters. The molecule has 2 aromatic heterocycles. The second-order valence-corrected chi connectivity index (χ2v) is 7.86. The van der Waals surface area contributed by atoms with Crippen LogP contribution in [-0.4, -0.2) is 53.5 Å². The molecule has 1 aliphatic heterocycles. The largest absolute Gasteiger partial charge is 0.495 e. The summed E-state index contributed by atoms with van der Waals surface area (Å²) in [5.74, 6) is 0.310. The molecule has 3 heterocycles. The zero-order valence-electron chi connectivity index (χ0n) is 16.6. The topological polar surface area (TPSA) is 93.6 Å². The third-order valence-electron chi connectivity index (χ3n) is 5.12. The van der Waals surface area contributed by atoms with Crippen LogP contribution in [0.2, 0.25) is 0 Å². The Bertz CT molecular complexity index is 992. The van der Waals surface area contributed by atoms with E-state index in [-0.39, 0.29) is 18.6 Å². The Labute approximate surface area is 178 Å². The van der Waals surface area contributed by atoms with Crippen LogP contribution in [0, 0.1) is 0 Å². The number of aliphatic hydroxyl groups is 1. The molecule has 2 N–H and O–H groups in total. The molecule has 0 aliphatic carbocycles. The molecule has 0 saturated carbocycles. The smallest absolute Gasteiger partial charge is 0.270 e. The molecule has 1 aliphatic rings. The Balaban J connectivity index is 1.50. The highest BCUT2D eigenvalue weighted by atomic mass is 32.1. The number of carbonyl (C=O) groups excluding carboxylic acids is 1. The molecular weight excluding hydrogens is 402 g/mol. The molecule has 1 amide bonds. The average Bonchev–Trinajstić information content (AvgIpc) is 3.31. The number of hydrogen-bond acceptors (Lipinski definition) is 7. The number of pyridine rings is 1. The van der Waals surface area contributed by atoms with E-state index in [2.05, 4.69) is 15.3 Å². The monoisotopic (exact) mass is 425 g/mol. The number of hydrogen-bond donors (Lipinski definition) is 2. The quantitative estimate of drug-likeness (QED) is 0.631. The van der Waals surface area contributed by atoms with E-state index in [1.54, 1.807) is 30.7 Å². The summed E-state index contributed by atoms with van der Waals surface area (Å²) in [6, 6.07) is 9.58. The van der Waals surface area contributed by atoms with E-state index in [0.29, 0.717) is 30.9 Å². The van der Waals surface area contributed by atoms with E-state index >= 15 is 0 Å². The fraction of sp³-hybridized carbons (Fsp3) is 0.318. The van der Waals surface area contributed by atoms with E-state index in [0.717, 1.165) is 22.4 Å². The first-order chi connectivity index (χ1) is 14.6. The maximum Gasteiger partial charge on any atom is 0.270 e. The van der Waals surface area contributed by atoms with Crippen LogP contribution in [0.4, 0.5) is 0 Å². The molecule has 0 radical (unpaired) electrons. The maximum atomic E-state index is 12.7.